The Morgan fingerprint density at radius 3 is 2.61 bits per heavy atom. The molecule has 7 heteroatoms. The number of pyridine rings is 2. The summed E-state index contributed by atoms with van der Waals surface area (Å²) in [6.07, 6.45) is 2.68. The molecular weight excluding hydrogens is 367 g/mol. The first-order chi connectivity index (χ1) is 13.4. The van der Waals surface area contributed by atoms with Gasteiger partial charge in [0, 0.05) is 23.5 Å². The third kappa shape index (κ3) is 3.74. The molecule has 1 aromatic carbocycles. The van der Waals surface area contributed by atoms with Gasteiger partial charge in [0.1, 0.15) is 5.82 Å². The fourth-order valence-corrected chi connectivity index (χ4v) is 3.84. The quantitative estimate of drug-likeness (QED) is 0.603. The standard InChI is InChI=1S/C21H20F3N3O/c22-21(23,24)15-7-4-8-16(12-15)26-19-18-14(9-10-25-20(18)28)11-17(27-19)13-5-2-1-3-6-13/h4,7-13H,1-3,5-6H2,(H,25,28)(H,26,27). The lowest BCUT2D eigenvalue weighted by Gasteiger charge is -2.22. The van der Waals surface area contributed by atoms with Gasteiger partial charge in [-0.3, -0.25) is 4.79 Å². The largest absolute Gasteiger partial charge is 0.416 e. The van der Waals surface area contributed by atoms with E-state index in [4.69, 9.17) is 0 Å². The van der Waals surface area contributed by atoms with E-state index in [1.165, 1.54) is 18.6 Å². The molecule has 1 fully saturated rings. The van der Waals surface area contributed by atoms with Crippen molar-refractivity contribution in [2.24, 2.45) is 0 Å². The van der Waals surface area contributed by atoms with Crippen molar-refractivity contribution in [2.45, 2.75) is 44.2 Å². The van der Waals surface area contributed by atoms with Crippen LogP contribution in [0.25, 0.3) is 10.8 Å². The molecule has 4 rings (SSSR count). The van der Waals surface area contributed by atoms with Gasteiger partial charge < -0.3 is 10.3 Å². The Morgan fingerprint density at radius 2 is 1.86 bits per heavy atom. The number of aromatic nitrogens is 2. The number of halogens is 3. The lowest BCUT2D eigenvalue weighted by atomic mass is 9.86. The van der Waals surface area contributed by atoms with Gasteiger partial charge in [0.2, 0.25) is 0 Å². The Hall–Kier alpha value is -2.83. The van der Waals surface area contributed by atoms with Crippen LogP contribution in [-0.4, -0.2) is 9.97 Å². The Bertz CT molecular complexity index is 1050. The Balaban J connectivity index is 1.80. The number of nitrogens with zero attached hydrogens (tertiary/aromatic N) is 1. The molecule has 0 spiro atoms. The van der Waals surface area contributed by atoms with Crippen molar-refractivity contribution in [1.29, 1.82) is 0 Å². The van der Waals surface area contributed by atoms with E-state index in [2.05, 4.69) is 15.3 Å². The number of anilines is 2. The lowest BCUT2D eigenvalue weighted by molar-refractivity contribution is -0.137. The maximum absolute atomic E-state index is 13.0. The second-order valence-electron chi connectivity index (χ2n) is 7.21. The number of hydrogen-bond donors (Lipinski definition) is 2. The van der Waals surface area contributed by atoms with Crippen molar-refractivity contribution in [3.63, 3.8) is 0 Å². The Kier molecular flexibility index (Phi) is 4.83. The number of H-pyrrole nitrogens is 1. The molecule has 0 amide bonds. The number of nitrogens with one attached hydrogen (secondary N) is 2. The maximum Gasteiger partial charge on any atom is 0.416 e. The highest BCUT2D eigenvalue weighted by molar-refractivity contribution is 5.92. The van der Waals surface area contributed by atoms with Crippen LogP contribution in [0.3, 0.4) is 0 Å². The molecule has 0 aliphatic heterocycles. The maximum atomic E-state index is 13.0. The van der Waals surface area contributed by atoms with E-state index < -0.39 is 11.7 Å². The van der Waals surface area contributed by atoms with Crippen molar-refractivity contribution in [3.05, 3.63) is 64.2 Å². The molecule has 3 aromatic rings. The summed E-state index contributed by atoms with van der Waals surface area (Å²) >= 11 is 0. The molecule has 2 aromatic heterocycles. The number of rotatable bonds is 3. The fourth-order valence-electron chi connectivity index (χ4n) is 3.84. The predicted molar refractivity (Wildman–Crippen MR) is 103 cm³/mol. The van der Waals surface area contributed by atoms with Crippen molar-refractivity contribution in [3.8, 4) is 0 Å². The summed E-state index contributed by atoms with van der Waals surface area (Å²) in [5.41, 5.74) is 0.0498. The van der Waals surface area contributed by atoms with E-state index in [1.807, 2.05) is 6.07 Å². The van der Waals surface area contributed by atoms with Gasteiger partial charge in [0.15, 0.2) is 0 Å². The van der Waals surface area contributed by atoms with Gasteiger partial charge in [-0.1, -0.05) is 25.3 Å². The summed E-state index contributed by atoms with van der Waals surface area (Å²) in [6, 6.07) is 8.63. The summed E-state index contributed by atoms with van der Waals surface area (Å²) in [7, 11) is 0. The molecule has 28 heavy (non-hydrogen) atoms. The summed E-state index contributed by atoms with van der Waals surface area (Å²) in [5, 5.41) is 4.03. The molecule has 2 N–H and O–H groups in total. The van der Waals surface area contributed by atoms with Crippen molar-refractivity contribution in [1.82, 2.24) is 9.97 Å². The van der Waals surface area contributed by atoms with Gasteiger partial charge in [-0.05, 0) is 48.6 Å². The molecule has 0 bridgehead atoms. The fraction of sp³-hybridized carbons (Fsp3) is 0.333. The average molecular weight is 387 g/mol. The highest BCUT2D eigenvalue weighted by Crippen LogP contribution is 2.35. The molecule has 0 radical (unpaired) electrons. The van der Waals surface area contributed by atoms with Crippen LogP contribution in [0.15, 0.2) is 47.4 Å². The minimum Gasteiger partial charge on any atom is -0.340 e. The minimum atomic E-state index is -4.44. The number of fused-ring (bicyclic) bond motifs is 1. The van der Waals surface area contributed by atoms with Crippen LogP contribution in [0, 0.1) is 0 Å². The van der Waals surface area contributed by atoms with Crippen molar-refractivity contribution in [2.75, 3.05) is 5.32 Å². The normalized spacial score (nSPS) is 15.7. The summed E-state index contributed by atoms with van der Waals surface area (Å²) in [6.45, 7) is 0. The van der Waals surface area contributed by atoms with Gasteiger partial charge >= 0.3 is 6.18 Å². The van der Waals surface area contributed by atoms with E-state index in [1.54, 1.807) is 12.3 Å². The van der Waals surface area contributed by atoms with Crippen LogP contribution >= 0.6 is 0 Å². The van der Waals surface area contributed by atoms with Crippen LogP contribution in [0.4, 0.5) is 24.7 Å². The van der Waals surface area contributed by atoms with E-state index in [0.29, 0.717) is 17.1 Å². The number of alkyl halides is 3. The zero-order valence-corrected chi connectivity index (χ0v) is 15.1. The number of benzene rings is 1. The predicted octanol–water partition coefficient (Wildman–Crippen LogP) is 5.73. The zero-order valence-electron chi connectivity index (χ0n) is 15.1. The molecule has 1 aliphatic rings. The van der Waals surface area contributed by atoms with E-state index >= 15 is 0 Å². The lowest BCUT2D eigenvalue weighted by Crippen LogP contribution is -2.13. The van der Waals surface area contributed by atoms with Crippen LogP contribution in [-0.2, 0) is 6.18 Å². The minimum absolute atomic E-state index is 0.243. The number of hydrogen-bond acceptors (Lipinski definition) is 3. The first kappa shape index (κ1) is 18.5. The van der Waals surface area contributed by atoms with Gasteiger partial charge in [-0.2, -0.15) is 13.2 Å². The molecule has 146 valence electrons. The third-order valence-electron chi connectivity index (χ3n) is 5.25. The SMILES string of the molecule is O=c1[nH]ccc2cc(C3CCCCC3)nc(Nc3cccc(C(F)(F)F)c3)c12. The molecule has 0 unspecified atom stereocenters. The average Bonchev–Trinajstić information content (AvgIpc) is 2.68. The first-order valence-electron chi connectivity index (χ1n) is 9.38. The third-order valence-corrected chi connectivity index (χ3v) is 5.25. The molecule has 4 nitrogen and oxygen atoms in total. The van der Waals surface area contributed by atoms with Crippen LogP contribution in [0.2, 0.25) is 0 Å². The highest BCUT2D eigenvalue weighted by atomic mass is 19.4. The van der Waals surface area contributed by atoms with Crippen molar-refractivity contribution < 1.29 is 13.2 Å². The molecule has 0 atom stereocenters. The Labute approximate surface area is 159 Å². The topological polar surface area (TPSA) is 57.8 Å². The van der Waals surface area contributed by atoms with Gasteiger partial charge in [0.05, 0.1) is 10.9 Å². The second kappa shape index (κ2) is 7.30. The van der Waals surface area contributed by atoms with Crippen molar-refractivity contribution >= 4 is 22.3 Å². The summed E-state index contributed by atoms with van der Waals surface area (Å²) < 4.78 is 39.1. The van der Waals surface area contributed by atoms with Crippen LogP contribution < -0.4 is 10.9 Å². The van der Waals surface area contributed by atoms with Gasteiger partial charge in [-0.15, -0.1) is 0 Å². The monoisotopic (exact) mass is 387 g/mol. The molecular formula is C21H20F3N3O. The van der Waals surface area contributed by atoms with Crippen LogP contribution in [0.5, 0.6) is 0 Å². The summed E-state index contributed by atoms with van der Waals surface area (Å²) in [5.74, 6) is 0.596. The van der Waals surface area contributed by atoms with E-state index in [-0.39, 0.29) is 11.2 Å². The smallest absolute Gasteiger partial charge is 0.340 e. The number of aromatic amines is 1. The van der Waals surface area contributed by atoms with Gasteiger partial charge in [0.25, 0.3) is 5.56 Å². The highest BCUT2D eigenvalue weighted by Gasteiger charge is 2.30. The first-order valence-corrected chi connectivity index (χ1v) is 9.38. The van der Waals surface area contributed by atoms with Gasteiger partial charge in [-0.25, -0.2) is 4.98 Å². The second-order valence-corrected chi connectivity index (χ2v) is 7.21. The molecule has 1 aliphatic carbocycles. The zero-order chi connectivity index (χ0) is 19.7. The molecule has 1 saturated carbocycles. The molecule has 0 saturated heterocycles. The van der Waals surface area contributed by atoms with Crippen LogP contribution in [0.1, 0.15) is 49.3 Å². The molecule has 2 heterocycles. The van der Waals surface area contributed by atoms with E-state index in [0.717, 1.165) is 48.9 Å². The Morgan fingerprint density at radius 1 is 1.07 bits per heavy atom. The van der Waals surface area contributed by atoms with E-state index in [9.17, 15) is 18.0 Å². The summed E-state index contributed by atoms with van der Waals surface area (Å²) in [4.78, 5) is 19.7.